The van der Waals surface area contributed by atoms with Crippen molar-refractivity contribution in [2.24, 2.45) is 0 Å². The number of halogens is 2. The maximum absolute atomic E-state index is 13.5. The van der Waals surface area contributed by atoms with Gasteiger partial charge in [-0.3, -0.25) is 4.79 Å². The van der Waals surface area contributed by atoms with Crippen molar-refractivity contribution in [3.8, 4) is 0 Å². The number of carbonyl (C=O) groups is 1. The summed E-state index contributed by atoms with van der Waals surface area (Å²) in [5, 5.41) is 0. The average Bonchev–Trinajstić information content (AvgIpc) is 2.43. The second kappa shape index (κ2) is 5.74. The quantitative estimate of drug-likeness (QED) is 0.761. The van der Waals surface area contributed by atoms with Gasteiger partial charge in [0.1, 0.15) is 11.6 Å². The third-order valence-electron chi connectivity index (χ3n) is 3.08. The number of Topliss-reactive ketones (excluding diaryl/α,β-unsaturated/α-hetero) is 1. The summed E-state index contributed by atoms with van der Waals surface area (Å²) in [5.41, 5.74) is 1.42. The molecule has 0 saturated carbocycles. The summed E-state index contributed by atoms with van der Waals surface area (Å²) in [6.45, 7) is 2.02. The third kappa shape index (κ3) is 3.05. The summed E-state index contributed by atoms with van der Waals surface area (Å²) in [4.78, 5) is 12.0. The summed E-state index contributed by atoms with van der Waals surface area (Å²) < 4.78 is 26.9. The second-order valence-corrected chi connectivity index (χ2v) is 4.35. The minimum Gasteiger partial charge on any atom is -0.294 e. The second-order valence-electron chi connectivity index (χ2n) is 4.35. The fourth-order valence-electron chi connectivity index (χ4n) is 1.89. The van der Waals surface area contributed by atoms with E-state index in [0.29, 0.717) is 5.56 Å². The van der Waals surface area contributed by atoms with Crippen LogP contribution < -0.4 is 0 Å². The lowest BCUT2D eigenvalue weighted by Gasteiger charge is -2.05. The van der Waals surface area contributed by atoms with Gasteiger partial charge in [0.15, 0.2) is 5.78 Å². The molecule has 2 aromatic rings. The normalized spacial score (nSPS) is 10.5. The molecule has 0 atom stereocenters. The zero-order valence-electron chi connectivity index (χ0n) is 10.6. The van der Waals surface area contributed by atoms with Gasteiger partial charge in [-0.25, -0.2) is 8.78 Å². The van der Waals surface area contributed by atoms with E-state index in [1.807, 2.05) is 19.1 Å². The van der Waals surface area contributed by atoms with Crippen LogP contribution in [0.5, 0.6) is 0 Å². The molecular formula is C16H14F2O. The highest BCUT2D eigenvalue weighted by Crippen LogP contribution is 2.15. The molecule has 0 amide bonds. The monoisotopic (exact) mass is 260 g/mol. The van der Waals surface area contributed by atoms with Gasteiger partial charge in [-0.05, 0) is 24.1 Å². The first-order chi connectivity index (χ1) is 9.11. The van der Waals surface area contributed by atoms with E-state index in [0.717, 1.165) is 24.1 Å². The van der Waals surface area contributed by atoms with Gasteiger partial charge in [-0.2, -0.15) is 0 Å². The molecule has 2 aromatic carbocycles. The largest absolute Gasteiger partial charge is 0.294 e. The smallest absolute Gasteiger partial charge is 0.167 e. The maximum Gasteiger partial charge on any atom is 0.167 e. The first-order valence-corrected chi connectivity index (χ1v) is 6.17. The van der Waals surface area contributed by atoms with Gasteiger partial charge in [0, 0.05) is 17.5 Å². The molecule has 0 aliphatic heterocycles. The number of ketones is 1. The molecule has 0 radical (unpaired) electrons. The van der Waals surface area contributed by atoms with Crippen molar-refractivity contribution in [1.29, 1.82) is 0 Å². The highest BCUT2D eigenvalue weighted by molar-refractivity contribution is 5.97. The molecule has 3 heteroatoms. The number of hydrogen-bond acceptors (Lipinski definition) is 1. The zero-order chi connectivity index (χ0) is 13.8. The Bertz CT molecular complexity index is 568. The molecule has 0 aromatic heterocycles. The molecule has 0 spiro atoms. The molecule has 0 heterocycles. The summed E-state index contributed by atoms with van der Waals surface area (Å²) in [5.74, 6) is -1.65. The Morgan fingerprint density at radius 1 is 1.00 bits per heavy atom. The molecule has 2 rings (SSSR count). The van der Waals surface area contributed by atoms with Crippen molar-refractivity contribution in [2.45, 2.75) is 19.8 Å². The number of aryl methyl sites for hydroxylation is 1. The van der Waals surface area contributed by atoms with Crippen LogP contribution in [0, 0.1) is 11.6 Å². The molecular weight excluding hydrogens is 246 g/mol. The lowest BCUT2D eigenvalue weighted by atomic mass is 10.0. The van der Waals surface area contributed by atoms with Crippen molar-refractivity contribution >= 4 is 5.78 Å². The highest BCUT2D eigenvalue weighted by Gasteiger charge is 2.14. The minimum absolute atomic E-state index is 0.174. The molecule has 98 valence electrons. The molecule has 1 nitrogen and oxygen atoms in total. The summed E-state index contributed by atoms with van der Waals surface area (Å²) in [6.07, 6.45) is 0.625. The van der Waals surface area contributed by atoms with Crippen molar-refractivity contribution in [3.05, 3.63) is 70.8 Å². The topological polar surface area (TPSA) is 17.1 Å². The Kier molecular flexibility index (Phi) is 4.05. The van der Waals surface area contributed by atoms with Gasteiger partial charge < -0.3 is 0 Å². The van der Waals surface area contributed by atoms with Crippen molar-refractivity contribution in [3.63, 3.8) is 0 Å². The maximum atomic E-state index is 13.5. The Morgan fingerprint density at radius 3 is 2.11 bits per heavy atom. The van der Waals surface area contributed by atoms with Crippen molar-refractivity contribution < 1.29 is 13.6 Å². The SMILES string of the molecule is CCc1ccc(C(=O)Cc2c(F)cccc2F)cc1. The number of benzene rings is 2. The van der Waals surface area contributed by atoms with E-state index in [1.54, 1.807) is 12.1 Å². The van der Waals surface area contributed by atoms with Crippen LogP contribution in [0.2, 0.25) is 0 Å². The Labute approximate surface area is 110 Å². The summed E-state index contributed by atoms with van der Waals surface area (Å²) in [7, 11) is 0. The van der Waals surface area contributed by atoms with Crippen LogP contribution in [0.4, 0.5) is 8.78 Å². The van der Waals surface area contributed by atoms with Crippen LogP contribution in [-0.2, 0) is 12.8 Å². The van der Waals surface area contributed by atoms with E-state index in [-0.39, 0.29) is 17.8 Å². The van der Waals surface area contributed by atoms with Crippen LogP contribution in [0.25, 0.3) is 0 Å². The first kappa shape index (κ1) is 13.4. The van der Waals surface area contributed by atoms with E-state index in [1.165, 1.54) is 6.07 Å². The van der Waals surface area contributed by atoms with Gasteiger partial charge in [-0.15, -0.1) is 0 Å². The number of rotatable bonds is 4. The Balaban J connectivity index is 2.20. The molecule has 0 bridgehead atoms. The molecule has 0 unspecified atom stereocenters. The summed E-state index contributed by atoms with van der Waals surface area (Å²) >= 11 is 0. The molecule has 0 saturated heterocycles. The highest BCUT2D eigenvalue weighted by atomic mass is 19.1. The van der Waals surface area contributed by atoms with Gasteiger partial charge >= 0.3 is 0 Å². The van der Waals surface area contributed by atoms with Gasteiger partial charge in [-0.1, -0.05) is 37.3 Å². The van der Waals surface area contributed by atoms with Crippen LogP contribution in [0.1, 0.15) is 28.4 Å². The van der Waals surface area contributed by atoms with Crippen LogP contribution in [-0.4, -0.2) is 5.78 Å². The lowest BCUT2D eigenvalue weighted by molar-refractivity contribution is 0.0990. The molecule has 19 heavy (non-hydrogen) atoms. The Morgan fingerprint density at radius 2 is 1.58 bits per heavy atom. The van der Waals surface area contributed by atoms with E-state index < -0.39 is 11.6 Å². The van der Waals surface area contributed by atoms with Gasteiger partial charge in [0.05, 0.1) is 0 Å². The fraction of sp³-hybridized carbons (Fsp3) is 0.188. The van der Waals surface area contributed by atoms with Crippen molar-refractivity contribution in [1.82, 2.24) is 0 Å². The molecule has 0 aliphatic carbocycles. The van der Waals surface area contributed by atoms with Crippen LogP contribution in [0.3, 0.4) is 0 Å². The van der Waals surface area contributed by atoms with Crippen LogP contribution in [0.15, 0.2) is 42.5 Å². The standard InChI is InChI=1S/C16H14F2O/c1-2-11-6-8-12(9-7-11)16(19)10-13-14(17)4-3-5-15(13)18/h3-9H,2,10H2,1H3. The minimum atomic E-state index is -0.682. The van der Waals surface area contributed by atoms with E-state index in [9.17, 15) is 13.6 Å². The number of hydrogen-bond donors (Lipinski definition) is 0. The zero-order valence-corrected chi connectivity index (χ0v) is 10.6. The summed E-state index contributed by atoms with van der Waals surface area (Å²) in [6, 6.07) is 10.7. The predicted molar refractivity (Wildman–Crippen MR) is 70.2 cm³/mol. The van der Waals surface area contributed by atoms with Crippen LogP contribution >= 0.6 is 0 Å². The molecule has 0 N–H and O–H groups in total. The van der Waals surface area contributed by atoms with E-state index in [2.05, 4.69) is 0 Å². The van der Waals surface area contributed by atoms with Gasteiger partial charge in [0.2, 0.25) is 0 Å². The molecule has 0 fully saturated rings. The third-order valence-corrected chi connectivity index (χ3v) is 3.08. The van der Waals surface area contributed by atoms with Crippen molar-refractivity contribution in [2.75, 3.05) is 0 Å². The fourth-order valence-corrected chi connectivity index (χ4v) is 1.89. The predicted octanol–water partition coefficient (Wildman–Crippen LogP) is 3.95. The van der Waals surface area contributed by atoms with Gasteiger partial charge in [0.25, 0.3) is 0 Å². The molecule has 0 aliphatic rings. The number of carbonyl (C=O) groups excluding carboxylic acids is 1. The lowest BCUT2D eigenvalue weighted by Crippen LogP contribution is -2.07. The average molecular weight is 260 g/mol. The first-order valence-electron chi connectivity index (χ1n) is 6.17. The Hall–Kier alpha value is -2.03. The van der Waals surface area contributed by atoms with E-state index in [4.69, 9.17) is 0 Å². The van der Waals surface area contributed by atoms with E-state index >= 15 is 0 Å².